The van der Waals surface area contributed by atoms with E-state index in [2.05, 4.69) is 16.6 Å². The van der Waals surface area contributed by atoms with Crippen molar-refractivity contribution in [3.63, 3.8) is 0 Å². The summed E-state index contributed by atoms with van der Waals surface area (Å²) in [5.41, 5.74) is 10.9. The molecular weight excluding hydrogens is 314 g/mol. The first-order chi connectivity index (χ1) is 12.3. The molecule has 0 amide bonds. The molecule has 0 fully saturated rings. The molecule has 2 rings (SSSR count). The molecule has 0 spiro atoms. The summed E-state index contributed by atoms with van der Waals surface area (Å²) in [6.07, 6.45) is 2.85. The van der Waals surface area contributed by atoms with Gasteiger partial charge in [0.25, 0.3) is 0 Å². The van der Waals surface area contributed by atoms with Crippen LogP contribution >= 0.6 is 0 Å². The van der Waals surface area contributed by atoms with Crippen LogP contribution in [0.25, 0.3) is 10.4 Å². The second kappa shape index (κ2) is 10.2. The van der Waals surface area contributed by atoms with E-state index in [9.17, 15) is 0 Å². The third-order valence-corrected chi connectivity index (χ3v) is 3.92. The largest absolute Gasteiger partial charge is 0.497 e. The van der Waals surface area contributed by atoms with E-state index in [4.69, 9.17) is 15.0 Å². The maximum Gasteiger partial charge on any atom is 0.118 e. The minimum atomic E-state index is -0.177. The van der Waals surface area contributed by atoms with Gasteiger partial charge in [-0.3, -0.25) is 0 Å². The molecule has 2 atom stereocenters. The smallest absolute Gasteiger partial charge is 0.118 e. The normalized spacial score (nSPS) is 12.7. The predicted octanol–water partition coefficient (Wildman–Crippen LogP) is 5.60. The molecule has 0 N–H and O–H groups in total. The Morgan fingerprint density at radius 3 is 2.48 bits per heavy atom. The molecule has 5 heteroatoms. The van der Waals surface area contributed by atoms with Crippen LogP contribution < -0.4 is 4.74 Å². The number of methoxy groups -OCH3 is 1. The number of benzene rings is 2. The third-order valence-electron chi connectivity index (χ3n) is 3.92. The van der Waals surface area contributed by atoms with E-state index in [-0.39, 0.29) is 12.1 Å². The second-order valence-electron chi connectivity index (χ2n) is 5.68. The summed E-state index contributed by atoms with van der Waals surface area (Å²) in [5.74, 6) is 0.817. The van der Waals surface area contributed by atoms with Gasteiger partial charge in [-0.1, -0.05) is 53.7 Å². The molecule has 0 saturated heterocycles. The lowest BCUT2D eigenvalue weighted by Gasteiger charge is -2.21. The number of hydrogen-bond acceptors (Lipinski definition) is 3. The Balaban J connectivity index is 2.10. The molecule has 0 bridgehead atoms. The highest BCUT2D eigenvalue weighted by Gasteiger charge is 2.17. The Morgan fingerprint density at radius 2 is 1.88 bits per heavy atom. The predicted molar refractivity (Wildman–Crippen MR) is 99.3 cm³/mol. The molecule has 0 aliphatic rings. The van der Waals surface area contributed by atoms with Crippen molar-refractivity contribution in [2.75, 3.05) is 7.11 Å². The monoisotopic (exact) mass is 337 g/mol. The van der Waals surface area contributed by atoms with E-state index in [1.807, 2.05) is 54.6 Å². The Kier molecular flexibility index (Phi) is 7.57. The summed E-state index contributed by atoms with van der Waals surface area (Å²) in [6.45, 7) is 4.21. The number of azide groups is 1. The summed E-state index contributed by atoms with van der Waals surface area (Å²) in [7, 11) is 1.65. The van der Waals surface area contributed by atoms with Crippen LogP contribution in [0.15, 0.2) is 72.4 Å². The number of rotatable bonds is 10. The van der Waals surface area contributed by atoms with Gasteiger partial charge in [-0.25, -0.2) is 0 Å². The van der Waals surface area contributed by atoms with Gasteiger partial charge in [0.1, 0.15) is 5.75 Å². The number of ether oxygens (including phenoxy) is 2. The zero-order chi connectivity index (χ0) is 17.9. The lowest BCUT2D eigenvalue weighted by atomic mass is 10.0. The van der Waals surface area contributed by atoms with Gasteiger partial charge in [-0.15, -0.1) is 6.58 Å². The third kappa shape index (κ3) is 5.99. The Bertz CT molecular complexity index is 695. The van der Waals surface area contributed by atoms with Gasteiger partial charge in [0.2, 0.25) is 0 Å². The number of hydrogen-bond donors (Lipinski definition) is 0. The standard InChI is InChI=1S/C20H23N3O2/c1-3-7-18(22-23-21)14-20(17-8-5-4-6-9-17)25-15-16-10-12-19(24-2)13-11-16/h3-6,8-13,18,20H,1,7,14-15H2,2H3/t18-,20-/m1/s1. The van der Waals surface area contributed by atoms with Crippen molar-refractivity contribution >= 4 is 0 Å². The van der Waals surface area contributed by atoms with Crippen LogP contribution in [0.4, 0.5) is 0 Å². The van der Waals surface area contributed by atoms with E-state index >= 15 is 0 Å². The van der Waals surface area contributed by atoms with Gasteiger partial charge in [-0.2, -0.15) is 0 Å². The number of nitrogens with zero attached hydrogens (tertiary/aromatic N) is 3. The fourth-order valence-corrected chi connectivity index (χ4v) is 2.59. The SMILES string of the molecule is C=CC[C@H](C[C@@H](OCc1ccc(OC)cc1)c1ccccc1)N=[N+]=[N-]. The topological polar surface area (TPSA) is 67.2 Å². The van der Waals surface area contributed by atoms with Crippen LogP contribution in [-0.2, 0) is 11.3 Å². The molecule has 0 aromatic heterocycles. The molecule has 0 heterocycles. The van der Waals surface area contributed by atoms with Gasteiger partial charge in [-0.05, 0) is 41.6 Å². The average molecular weight is 337 g/mol. The summed E-state index contributed by atoms with van der Waals surface area (Å²) in [4.78, 5) is 2.95. The second-order valence-corrected chi connectivity index (χ2v) is 5.68. The van der Waals surface area contributed by atoms with Crippen LogP contribution in [0.5, 0.6) is 5.75 Å². The van der Waals surface area contributed by atoms with Gasteiger partial charge in [0, 0.05) is 11.0 Å². The zero-order valence-electron chi connectivity index (χ0n) is 14.4. The summed E-state index contributed by atoms with van der Waals surface area (Å²) in [5, 5.41) is 3.87. The minimum absolute atomic E-state index is 0.154. The van der Waals surface area contributed by atoms with Gasteiger partial charge in [0.05, 0.1) is 19.8 Å². The highest BCUT2D eigenvalue weighted by atomic mass is 16.5. The summed E-state index contributed by atoms with van der Waals surface area (Å²) >= 11 is 0. The van der Waals surface area contributed by atoms with Crippen molar-refractivity contribution in [3.8, 4) is 5.75 Å². The first-order valence-corrected chi connectivity index (χ1v) is 8.21. The van der Waals surface area contributed by atoms with Gasteiger partial charge < -0.3 is 9.47 Å². The fraction of sp³-hybridized carbons (Fsp3) is 0.300. The van der Waals surface area contributed by atoms with Crippen molar-refractivity contribution in [1.82, 2.24) is 0 Å². The molecule has 2 aromatic carbocycles. The van der Waals surface area contributed by atoms with Crippen molar-refractivity contribution in [1.29, 1.82) is 0 Å². The molecule has 0 saturated carbocycles. The average Bonchev–Trinajstić information content (AvgIpc) is 2.66. The molecule has 0 aliphatic heterocycles. The van der Waals surface area contributed by atoms with E-state index in [0.717, 1.165) is 16.9 Å². The quantitative estimate of drug-likeness (QED) is 0.245. The van der Waals surface area contributed by atoms with Gasteiger partial charge in [0.15, 0.2) is 0 Å². The molecular formula is C20H23N3O2. The fourth-order valence-electron chi connectivity index (χ4n) is 2.59. The van der Waals surface area contributed by atoms with Crippen molar-refractivity contribution in [3.05, 3.63) is 88.8 Å². The first-order valence-electron chi connectivity index (χ1n) is 8.21. The molecule has 0 aliphatic carbocycles. The zero-order valence-corrected chi connectivity index (χ0v) is 14.4. The lowest BCUT2D eigenvalue weighted by molar-refractivity contribution is 0.0296. The highest BCUT2D eigenvalue weighted by Crippen LogP contribution is 2.27. The van der Waals surface area contributed by atoms with E-state index < -0.39 is 0 Å². The lowest BCUT2D eigenvalue weighted by Crippen LogP contribution is -2.13. The van der Waals surface area contributed by atoms with Crippen LogP contribution in [0, 0.1) is 0 Å². The van der Waals surface area contributed by atoms with Gasteiger partial charge >= 0.3 is 0 Å². The van der Waals surface area contributed by atoms with Crippen LogP contribution in [0.3, 0.4) is 0 Å². The summed E-state index contributed by atoms with van der Waals surface area (Å²) in [6, 6.07) is 17.6. The van der Waals surface area contributed by atoms with E-state index in [1.165, 1.54) is 0 Å². The van der Waals surface area contributed by atoms with Crippen molar-refractivity contribution < 1.29 is 9.47 Å². The first kappa shape index (κ1) is 18.6. The Morgan fingerprint density at radius 1 is 1.16 bits per heavy atom. The maximum atomic E-state index is 8.78. The molecule has 130 valence electrons. The minimum Gasteiger partial charge on any atom is -0.497 e. The molecule has 2 aromatic rings. The molecule has 0 radical (unpaired) electrons. The summed E-state index contributed by atoms with van der Waals surface area (Å²) < 4.78 is 11.3. The molecule has 0 unspecified atom stereocenters. The van der Waals surface area contributed by atoms with E-state index in [1.54, 1.807) is 13.2 Å². The Hall–Kier alpha value is -2.75. The van der Waals surface area contributed by atoms with Crippen molar-refractivity contribution in [2.24, 2.45) is 5.11 Å². The van der Waals surface area contributed by atoms with Crippen molar-refractivity contribution in [2.45, 2.75) is 31.6 Å². The molecule has 25 heavy (non-hydrogen) atoms. The van der Waals surface area contributed by atoms with Crippen LogP contribution in [0.1, 0.15) is 30.1 Å². The van der Waals surface area contributed by atoms with E-state index in [0.29, 0.717) is 19.4 Å². The van der Waals surface area contributed by atoms with Crippen LogP contribution in [0.2, 0.25) is 0 Å². The molecule has 5 nitrogen and oxygen atoms in total. The maximum absolute atomic E-state index is 8.78. The Labute approximate surface area is 148 Å². The highest BCUT2D eigenvalue weighted by molar-refractivity contribution is 5.27. The van der Waals surface area contributed by atoms with Crippen LogP contribution in [-0.4, -0.2) is 13.2 Å².